The van der Waals surface area contributed by atoms with Crippen LogP contribution in [-0.2, 0) is 31.5 Å². The fraction of sp³-hybridized carbons (Fsp3) is 0.316. The minimum atomic E-state index is -1.30. The van der Waals surface area contributed by atoms with Gasteiger partial charge < -0.3 is 13.9 Å². The molecule has 2 aromatic rings. The van der Waals surface area contributed by atoms with Crippen LogP contribution in [0.2, 0.25) is 0 Å². The number of carbonyl (C=O) groups is 1. The second kappa shape index (κ2) is 9.84. The topological polar surface area (TPSA) is 65.7 Å². The van der Waals surface area contributed by atoms with E-state index in [0.29, 0.717) is 35.5 Å². The summed E-state index contributed by atoms with van der Waals surface area (Å²) in [7, 11) is 1.51. The largest absolute Gasteiger partial charge is 0.500 e. The summed E-state index contributed by atoms with van der Waals surface area (Å²) >= 11 is 0. The van der Waals surface area contributed by atoms with Crippen molar-refractivity contribution in [2.24, 2.45) is 0 Å². The van der Waals surface area contributed by atoms with Gasteiger partial charge in [0.2, 0.25) is 0 Å². The Morgan fingerprint density at radius 2 is 1.84 bits per heavy atom. The van der Waals surface area contributed by atoms with Crippen LogP contribution < -0.4 is 0 Å². The number of furan rings is 1. The van der Waals surface area contributed by atoms with Gasteiger partial charge in [0.1, 0.15) is 11.5 Å². The molecule has 0 aliphatic carbocycles. The van der Waals surface area contributed by atoms with E-state index in [0.717, 1.165) is 5.76 Å². The van der Waals surface area contributed by atoms with E-state index in [2.05, 4.69) is 0 Å². The van der Waals surface area contributed by atoms with Crippen molar-refractivity contribution in [2.45, 2.75) is 24.2 Å². The number of carbonyl (C=O) groups excluding carboxylic acids is 1. The summed E-state index contributed by atoms with van der Waals surface area (Å²) in [5, 5.41) is 0. The van der Waals surface area contributed by atoms with Gasteiger partial charge in [0.25, 0.3) is 0 Å². The van der Waals surface area contributed by atoms with Crippen LogP contribution in [0.15, 0.2) is 69.4 Å². The quantitative estimate of drug-likeness (QED) is 0.388. The van der Waals surface area contributed by atoms with Crippen molar-refractivity contribution in [3.63, 3.8) is 0 Å². The summed E-state index contributed by atoms with van der Waals surface area (Å²) in [6.45, 7) is 0. The van der Waals surface area contributed by atoms with E-state index < -0.39 is 16.8 Å². The first-order chi connectivity index (χ1) is 12.2. The maximum absolute atomic E-state index is 12.5. The van der Waals surface area contributed by atoms with Gasteiger partial charge in [-0.2, -0.15) is 0 Å². The maximum Gasteiger partial charge on any atom is 0.337 e. The van der Waals surface area contributed by atoms with Crippen LogP contribution in [0.5, 0.6) is 0 Å². The predicted octanol–water partition coefficient (Wildman–Crippen LogP) is 3.48. The lowest BCUT2D eigenvalue weighted by Crippen LogP contribution is -2.14. The van der Waals surface area contributed by atoms with Crippen LogP contribution >= 0.6 is 0 Å². The first-order valence-corrected chi connectivity index (χ1v) is 9.27. The molecule has 0 saturated carbocycles. The molecule has 1 unspecified atom stereocenters. The number of rotatable bonds is 9. The van der Waals surface area contributed by atoms with E-state index in [4.69, 9.17) is 13.9 Å². The number of benzene rings is 1. The van der Waals surface area contributed by atoms with E-state index in [1.165, 1.54) is 14.2 Å². The molecule has 0 spiro atoms. The molecule has 0 fully saturated rings. The molecule has 1 aromatic carbocycles. The van der Waals surface area contributed by atoms with Crippen LogP contribution in [0.4, 0.5) is 0 Å². The molecule has 0 amide bonds. The highest BCUT2D eigenvalue weighted by atomic mass is 32.2. The molecule has 0 radical (unpaired) electrons. The molecule has 25 heavy (non-hydrogen) atoms. The third-order valence-electron chi connectivity index (χ3n) is 3.71. The summed E-state index contributed by atoms with van der Waals surface area (Å²) in [6.07, 6.45) is 3.48. The zero-order chi connectivity index (χ0) is 18.1. The third kappa shape index (κ3) is 5.60. The number of aryl methyl sites for hydroxylation is 1. The van der Waals surface area contributed by atoms with Crippen LogP contribution in [0.25, 0.3) is 0 Å². The van der Waals surface area contributed by atoms with Crippen LogP contribution in [0.1, 0.15) is 18.6 Å². The van der Waals surface area contributed by atoms with Gasteiger partial charge in [-0.3, -0.25) is 4.21 Å². The minimum absolute atomic E-state index is 0.131. The zero-order valence-electron chi connectivity index (χ0n) is 14.4. The second-order valence-corrected chi connectivity index (χ2v) is 6.78. The highest BCUT2D eigenvalue weighted by Crippen LogP contribution is 2.19. The molecular formula is C19H22O5S. The Balaban J connectivity index is 2.12. The SMILES string of the molecule is COC(=O)/C(CCCc1ccco1)=C(\CS(=O)c1ccccc1)OC. The van der Waals surface area contributed by atoms with Gasteiger partial charge in [0.05, 0.1) is 42.6 Å². The standard InChI is InChI=1S/C19H22O5S/c1-22-18(14-25(21)16-10-4-3-5-11-16)17(19(20)23-2)12-6-8-15-9-7-13-24-15/h3-5,7,9-11,13H,6,8,12,14H2,1-2H3/b18-17+. The predicted molar refractivity (Wildman–Crippen MR) is 95.4 cm³/mol. The normalized spacial score (nSPS) is 13.0. The number of ether oxygens (including phenoxy) is 2. The summed E-state index contributed by atoms with van der Waals surface area (Å²) in [5.41, 5.74) is 0.417. The van der Waals surface area contributed by atoms with E-state index in [1.807, 2.05) is 30.3 Å². The molecule has 134 valence electrons. The highest BCUT2D eigenvalue weighted by Gasteiger charge is 2.19. The van der Waals surface area contributed by atoms with Crippen molar-refractivity contribution >= 4 is 16.8 Å². The van der Waals surface area contributed by atoms with E-state index in [1.54, 1.807) is 18.4 Å². The molecule has 0 aliphatic heterocycles. The summed E-state index contributed by atoms with van der Waals surface area (Å²) in [4.78, 5) is 12.8. The van der Waals surface area contributed by atoms with E-state index in [9.17, 15) is 9.00 Å². The Labute approximate surface area is 150 Å². The van der Waals surface area contributed by atoms with Gasteiger partial charge in [-0.25, -0.2) is 4.79 Å². The molecule has 5 nitrogen and oxygen atoms in total. The van der Waals surface area contributed by atoms with Gasteiger partial charge in [-0.05, 0) is 37.1 Å². The van der Waals surface area contributed by atoms with Crippen molar-refractivity contribution in [1.29, 1.82) is 0 Å². The molecule has 6 heteroatoms. The number of hydrogen-bond acceptors (Lipinski definition) is 5. The van der Waals surface area contributed by atoms with Crippen molar-refractivity contribution in [3.8, 4) is 0 Å². The smallest absolute Gasteiger partial charge is 0.337 e. The van der Waals surface area contributed by atoms with Gasteiger partial charge in [0.15, 0.2) is 0 Å². The fourth-order valence-electron chi connectivity index (χ4n) is 2.42. The zero-order valence-corrected chi connectivity index (χ0v) is 15.2. The lowest BCUT2D eigenvalue weighted by Gasteiger charge is -2.13. The molecule has 0 saturated heterocycles. The van der Waals surface area contributed by atoms with E-state index in [-0.39, 0.29) is 5.75 Å². The maximum atomic E-state index is 12.5. The molecule has 1 heterocycles. The minimum Gasteiger partial charge on any atom is -0.500 e. The van der Waals surface area contributed by atoms with Gasteiger partial charge in [0, 0.05) is 11.3 Å². The fourth-order valence-corrected chi connectivity index (χ4v) is 3.57. The summed E-state index contributed by atoms with van der Waals surface area (Å²) < 4.78 is 28.1. The highest BCUT2D eigenvalue weighted by molar-refractivity contribution is 7.85. The van der Waals surface area contributed by atoms with Crippen molar-refractivity contribution < 1.29 is 22.9 Å². The number of hydrogen-bond donors (Lipinski definition) is 0. The van der Waals surface area contributed by atoms with Crippen molar-refractivity contribution in [2.75, 3.05) is 20.0 Å². The van der Waals surface area contributed by atoms with E-state index >= 15 is 0 Å². The van der Waals surface area contributed by atoms with Crippen LogP contribution in [-0.4, -0.2) is 30.2 Å². The Morgan fingerprint density at radius 3 is 2.44 bits per heavy atom. The Kier molecular flexibility index (Phi) is 7.47. The van der Waals surface area contributed by atoms with Crippen LogP contribution in [0.3, 0.4) is 0 Å². The Bertz CT molecular complexity index is 720. The summed E-state index contributed by atoms with van der Waals surface area (Å²) in [5.74, 6) is 0.928. The lowest BCUT2D eigenvalue weighted by molar-refractivity contribution is -0.136. The van der Waals surface area contributed by atoms with Crippen molar-refractivity contribution in [3.05, 3.63) is 65.8 Å². The van der Waals surface area contributed by atoms with Gasteiger partial charge in [-0.1, -0.05) is 18.2 Å². The molecule has 0 aliphatic rings. The van der Waals surface area contributed by atoms with Crippen LogP contribution in [0, 0.1) is 0 Å². The monoisotopic (exact) mass is 362 g/mol. The van der Waals surface area contributed by atoms with Gasteiger partial charge in [-0.15, -0.1) is 0 Å². The Morgan fingerprint density at radius 1 is 1.08 bits per heavy atom. The molecule has 1 aromatic heterocycles. The first-order valence-electron chi connectivity index (χ1n) is 7.95. The average molecular weight is 362 g/mol. The number of esters is 1. The first kappa shape index (κ1) is 19.0. The number of methoxy groups -OCH3 is 2. The lowest BCUT2D eigenvalue weighted by atomic mass is 10.1. The van der Waals surface area contributed by atoms with Crippen molar-refractivity contribution in [1.82, 2.24) is 0 Å². The molecule has 2 rings (SSSR count). The molecule has 0 bridgehead atoms. The summed E-state index contributed by atoms with van der Waals surface area (Å²) in [6, 6.07) is 12.8. The third-order valence-corrected chi connectivity index (χ3v) is 5.04. The second-order valence-electron chi connectivity index (χ2n) is 5.33. The molecule has 1 atom stereocenters. The molecular weight excluding hydrogens is 340 g/mol. The average Bonchev–Trinajstić information content (AvgIpc) is 3.17. The Hall–Kier alpha value is -2.34. The van der Waals surface area contributed by atoms with Gasteiger partial charge >= 0.3 is 5.97 Å². The molecule has 0 N–H and O–H groups in total.